The van der Waals surface area contributed by atoms with E-state index in [0.717, 1.165) is 11.1 Å². The summed E-state index contributed by atoms with van der Waals surface area (Å²) in [5, 5.41) is 2.90. The third-order valence-electron chi connectivity index (χ3n) is 4.70. The summed E-state index contributed by atoms with van der Waals surface area (Å²) < 4.78 is 13.1. The van der Waals surface area contributed by atoms with Gasteiger partial charge in [-0.25, -0.2) is 9.97 Å². The van der Waals surface area contributed by atoms with Crippen molar-refractivity contribution in [3.05, 3.63) is 102 Å². The van der Waals surface area contributed by atoms with Crippen molar-refractivity contribution in [2.45, 2.75) is 13.2 Å². The summed E-state index contributed by atoms with van der Waals surface area (Å²) >= 11 is 0. The number of pyridine rings is 1. The second-order valence-corrected chi connectivity index (χ2v) is 6.82. The zero-order valence-electron chi connectivity index (χ0n) is 17.1. The Morgan fingerprint density at radius 1 is 1.03 bits per heavy atom. The van der Waals surface area contributed by atoms with Gasteiger partial charge in [0, 0.05) is 25.1 Å². The number of hydrogen-bond donors (Lipinski definition) is 1. The molecule has 0 bridgehead atoms. The van der Waals surface area contributed by atoms with Gasteiger partial charge in [-0.05, 0) is 35.4 Å². The van der Waals surface area contributed by atoms with E-state index in [-0.39, 0.29) is 5.91 Å². The molecule has 0 saturated heterocycles. The number of carbonyl (C=O) groups excluding carboxylic acids is 1. The average Bonchev–Trinajstić information content (AvgIpc) is 3.37. The molecular formula is C24H22N4O3. The van der Waals surface area contributed by atoms with Crippen LogP contribution in [0.1, 0.15) is 21.5 Å². The Hall–Kier alpha value is -4.13. The molecule has 7 nitrogen and oxygen atoms in total. The molecule has 2 heterocycles. The lowest BCUT2D eigenvalue weighted by Gasteiger charge is -2.13. The second-order valence-electron chi connectivity index (χ2n) is 6.82. The highest BCUT2D eigenvalue weighted by Gasteiger charge is 2.10. The minimum absolute atomic E-state index is 0.201. The Balaban J connectivity index is 1.36. The van der Waals surface area contributed by atoms with Crippen molar-refractivity contribution in [1.82, 2.24) is 19.9 Å². The number of amides is 1. The molecule has 1 N–H and O–H groups in total. The number of imidazole rings is 1. The fraction of sp³-hybridized carbons (Fsp3) is 0.125. The third kappa shape index (κ3) is 5.08. The fourth-order valence-electron chi connectivity index (χ4n) is 3.03. The van der Waals surface area contributed by atoms with E-state index in [1.54, 1.807) is 48.7 Å². The molecule has 7 heteroatoms. The van der Waals surface area contributed by atoms with E-state index in [2.05, 4.69) is 15.3 Å². The summed E-state index contributed by atoms with van der Waals surface area (Å²) in [5.74, 6) is 1.77. The molecule has 4 aromatic rings. The Labute approximate surface area is 180 Å². The molecule has 0 aliphatic rings. The van der Waals surface area contributed by atoms with Crippen molar-refractivity contribution >= 4 is 5.91 Å². The van der Waals surface area contributed by atoms with E-state index >= 15 is 0 Å². The predicted octanol–water partition coefficient (Wildman–Crippen LogP) is 3.78. The van der Waals surface area contributed by atoms with Crippen LogP contribution in [-0.4, -0.2) is 27.6 Å². The van der Waals surface area contributed by atoms with Gasteiger partial charge in [-0.1, -0.05) is 36.4 Å². The largest absolute Gasteiger partial charge is 0.493 e. The minimum Gasteiger partial charge on any atom is -0.493 e. The first-order valence-electron chi connectivity index (χ1n) is 9.79. The molecule has 0 spiro atoms. The summed E-state index contributed by atoms with van der Waals surface area (Å²) in [6.45, 7) is 0.812. The maximum Gasteiger partial charge on any atom is 0.253 e. The Morgan fingerprint density at radius 3 is 2.61 bits per heavy atom. The van der Waals surface area contributed by atoms with Crippen LogP contribution < -0.4 is 14.8 Å². The maximum absolute atomic E-state index is 12.5. The Kier molecular flexibility index (Phi) is 6.23. The van der Waals surface area contributed by atoms with Gasteiger partial charge in [0.2, 0.25) is 0 Å². The quantitative estimate of drug-likeness (QED) is 0.475. The van der Waals surface area contributed by atoms with Gasteiger partial charge < -0.3 is 14.8 Å². The number of hydrogen-bond acceptors (Lipinski definition) is 5. The van der Waals surface area contributed by atoms with Gasteiger partial charge in [-0.15, -0.1) is 0 Å². The van der Waals surface area contributed by atoms with Gasteiger partial charge in [-0.3, -0.25) is 9.36 Å². The van der Waals surface area contributed by atoms with E-state index in [9.17, 15) is 4.79 Å². The minimum atomic E-state index is -0.201. The lowest BCUT2D eigenvalue weighted by atomic mass is 10.2. The highest BCUT2D eigenvalue weighted by molar-refractivity contribution is 5.93. The number of nitrogens with one attached hydrogen (secondary N) is 1. The SMILES string of the molecule is COc1cc(CNC(=O)c2ccc(-n3ccnc3)nc2)ccc1OCc1ccccc1. The van der Waals surface area contributed by atoms with Crippen molar-refractivity contribution in [3.8, 4) is 17.3 Å². The molecule has 4 rings (SSSR count). The topological polar surface area (TPSA) is 78.3 Å². The van der Waals surface area contributed by atoms with Crippen LogP contribution in [0.25, 0.3) is 5.82 Å². The normalized spacial score (nSPS) is 10.5. The molecule has 0 saturated carbocycles. The molecule has 2 aromatic carbocycles. The number of benzene rings is 2. The smallest absolute Gasteiger partial charge is 0.253 e. The van der Waals surface area contributed by atoms with Gasteiger partial charge in [0.05, 0.1) is 12.7 Å². The molecular weight excluding hydrogens is 392 g/mol. The lowest BCUT2D eigenvalue weighted by Crippen LogP contribution is -2.23. The second kappa shape index (κ2) is 9.58. The molecule has 0 radical (unpaired) electrons. The van der Waals surface area contributed by atoms with Crippen LogP contribution in [0.15, 0.2) is 85.6 Å². The average molecular weight is 414 g/mol. The van der Waals surface area contributed by atoms with Crippen molar-refractivity contribution < 1.29 is 14.3 Å². The third-order valence-corrected chi connectivity index (χ3v) is 4.70. The van der Waals surface area contributed by atoms with Crippen LogP contribution in [-0.2, 0) is 13.2 Å². The lowest BCUT2D eigenvalue weighted by molar-refractivity contribution is 0.0950. The van der Waals surface area contributed by atoms with Crippen LogP contribution in [0.3, 0.4) is 0 Å². The summed E-state index contributed by atoms with van der Waals surface area (Å²) in [5.41, 5.74) is 2.47. The number of aromatic nitrogens is 3. The molecule has 156 valence electrons. The predicted molar refractivity (Wildman–Crippen MR) is 116 cm³/mol. The molecule has 2 aromatic heterocycles. The zero-order valence-corrected chi connectivity index (χ0v) is 17.1. The van der Waals surface area contributed by atoms with Crippen LogP contribution in [0.2, 0.25) is 0 Å². The van der Waals surface area contributed by atoms with Crippen molar-refractivity contribution in [3.63, 3.8) is 0 Å². The summed E-state index contributed by atoms with van der Waals surface area (Å²) in [6.07, 6.45) is 6.67. The molecule has 0 aliphatic heterocycles. The maximum atomic E-state index is 12.5. The highest BCUT2D eigenvalue weighted by atomic mass is 16.5. The number of rotatable bonds is 8. The highest BCUT2D eigenvalue weighted by Crippen LogP contribution is 2.29. The molecule has 1 amide bonds. The first-order valence-corrected chi connectivity index (χ1v) is 9.79. The van der Waals surface area contributed by atoms with Crippen molar-refractivity contribution in [1.29, 1.82) is 0 Å². The van der Waals surface area contributed by atoms with Crippen LogP contribution >= 0.6 is 0 Å². The fourth-order valence-corrected chi connectivity index (χ4v) is 3.03. The Morgan fingerprint density at radius 2 is 1.90 bits per heavy atom. The Bertz CT molecular complexity index is 1130. The summed E-state index contributed by atoms with van der Waals surface area (Å²) in [6, 6.07) is 19.1. The first kappa shape index (κ1) is 20.2. The molecule has 31 heavy (non-hydrogen) atoms. The van der Waals surface area contributed by atoms with Crippen LogP contribution in [0, 0.1) is 0 Å². The molecule has 0 atom stereocenters. The van der Waals surface area contributed by atoms with E-state index in [4.69, 9.17) is 9.47 Å². The molecule has 0 unspecified atom stereocenters. The number of nitrogens with zero attached hydrogens (tertiary/aromatic N) is 3. The van der Waals surface area contributed by atoms with E-state index in [1.165, 1.54) is 0 Å². The van der Waals surface area contributed by atoms with E-state index in [0.29, 0.717) is 36.0 Å². The number of methoxy groups -OCH3 is 1. The standard InChI is InChI=1S/C24H22N4O3/c1-30-22-13-19(7-9-21(22)31-16-18-5-3-2-4-6-18)14-27-24(29)20-8-10-23(26-15-20)28-12-11-25-17-28/h2-13,15,17H,14,16H2,1H3,(H,27,29). The monoisotopic (exact) mass is 414 g/mol. The van der Waals surface area contributed by atoms with Crippen LogP contribution in [0.4, 0.5) is 0 Å². The molecule has 0 fully saturated rings. The number of ether oxygens (including phenoxy) is 2. The van der Waals surface area contributed by atoms with E-state index in [1.807, 2.05) is 48.5 Å². The van der Waals surface area contributed by atoms with Gasteiger partial charge in [0.1, 0.15) is 18.8 Å². The van der Waals surface area contributed by atoms with E-state index < -0.39 is 0 Å². The van der Waals surface area contributed by atoms with Crippen LogP contribution in [0.5, 0.6) is 11.5 Å². The summed E-state index contributed by atoms with van der Waals surface area (Å²) in [7, 11) is 1.60. The van der Waals surface area contributed by atoms with Gasteiger partial charge in [-0.2, -0.15) is 0 Å². The zero-order chi connectivity index (χ0) is 21.5. The van der Waals surface area contributed by atoms with Gasteiger partial charge >= 0.3 is 0 Å². The van der Waals surface area contributed by atoms with Gasteiger partial charge in [0.25, 0.3) is 5.91 Å². The van der Waals surface area contributed by atoms with Crippen molar-refractivity contribution in [2.24, 2.45) is 0 Å². The molecule has 0 aliphatic carbocycles. The van der Waals surface area contributed by atoms with Gasteiger partial charge in [0.15, 0.2) is 11.5 Å². The summed E-state index contributed by atoms with van der Waals surface area (Å²) in [4.78, 5) is 20.8. The van der Waals surface area contributed by atoms with Crippen molar-refractivity contribution in [2.75, 3.05) is 7.11 Å². The number of carbonyl (C=O) groups is 1. The first-order chi connectivity index (χ1) is 15.2.